The monoisotopic (exact) mass is 344 g/mol. The second kappa shape index (κ2) is 8.99. The number of carboxylic acids is 3. The Kier molecular flexibility index (Phi) is 7.05. The van der Waals surface area contributed by atoms with Crippen LogP contribution in [0, 0.1) is 0 Å². The summed E-state index contributed by atoms with van der Waals surface area (Å²) in [5.41, 5.74) is -1.31. The highest BCUT2D eigenvalue weighted by Gasteiger charge is 2.39. The van der Waals surface area contributed by atoms with Gasteiger partial charge in [-0.25, -0.2) is 14.4 Å². The molecule has 0 heterocycles. The Morgan fingerprint density at radius 1 is 0.680 bits per heavy atom. The summed E-state index contributed by atoms with van der Waals surface area (Å²) in [4.78, 5) is 30.5. The molecular formula is C18H16O7. The largest absolute Gasteiger partial charge is 0.479 e. The minimum Gasteiger partial charge on any atom is -0.479 e. The van der Waals surface area contributed by atoms with Gasteiger partial charge >= 0.3 is 17.9 Å². The Balaban J connectivity index is 0.000000333. The van der Waals surface area contributed by atoms with Crippen LogP contribution in [0.4, 0.5) is 0 Å². The first-order valence-corrected chi connectivity index (χ1v) is 6.99. The van der Waals surface area contributed by atoms with Gasteiger partial charge in [-0.15, -0.1) is 0 Å². The average Bonchev–Trinajstić information content (AvgIpc) is 2.61. The van der Waals surface area contributed by atoms with Crippen LogP contribution in [0.25, 0.3) is 0 Å². The fourth-order valence-corrected chi connectivity index (χ4v) is 1.91. The number of rotatable bonds is 5. The molecule has 0 aliphatic heterocycles. The summed E-state index contributed by atoms with van der Waals surface area (Å²) in [6.45, 7) is 0. The minimum absolute atomic E-state index is 0.346. The molecule has 2 aromatic carbocycles. The summed E-state index contributed by atoms with van der Waals surface area (Å²) in [7, 11) is 0. The van der Waals surface area contributed by atoms with Gasteiger partial charge in [0.15, 0.2) is 0 Å². The van der Waals surface area contributed by atoms with E-state index in [1.54, 1.807) is 60.7 Å². The maximum Gasteiger partial charge on any atom is 0.345 e. The quantitative estimate of drug-likeness (QED) is 0.607. The molecule has 2 aromatic rings. The fourth-order valence-electron chi connectivity index (χ4n) is 1.91. The van der Waals surface area contributed by atoms with Crippen LogP contribution in [0.15, 0.2) is 72.8 Å². The highest BCUT2D eigenvalue weighted by atomic mass is 16.4. The average molecular weight is 344 g/mol. The summed E-state index contributed by atoms with van der Waals surface area (Å²) >= 11 is 0. The van der Waals surface area contributed by atoms with Gasteiger partial charge in [0.1, 0.15) is 0 Å². The molecule has 0 spiro atoms. The van der Waals surface area contributed by atoms with Crippen molar-refractivity contribution in [3.05, 3.63) is 83.9 Å². The van der Waals surface area contributed by atoms with E-state index in [9.17, 15) is 24.6 Å². The van der Waals surface area contributed by atoms with E-state index in [0.717, 1.165) is 0 Å². The van der Waals surface area contributed by atoms with Crippen molar-refractivity contribution in [2.24, 2.45) is 0 Å². The first-order valence-electron chi connectivity index (χ1n) is 6.99. The Labute approximate surface area is 143 Å². The molecule has 4 N–H and O–H groups in total. The molecule has 0 aromatic heterocycles. The summed E-state index contributed by atoms with van der Waals surface area (Å²) in [5, 5.41) is 35.3. The van der Waals surface area contributed by atoms with Crippen LogP contribution in [-0.2, 0) is 20.0 Å². The van der Waals surface area contributed by atoms with Crippen LogP contribution >= 0.6 is 0 Å². The zero-order valence-corrected chi connectivity index (χ0v) is 12.9. The van der Waals surface area contributed by atoms with Crippen LogP contribution in [0.3, 0.4) is 0 Å². The van der Waals surface area contributed by atoms with Crippen molar-refractivity contribution >= 4 is 17.9 Å². The molecule has 0 bridgehead atoms. The van der Waals surface area contributed by atoms with Crippen molar-refractivity contribution in [3.63, 3.8) is 0 Å². The number of hydrogen-bond acceptors (Lipinski definition) is 4. The molecule has 0 aliphatic carbocycles. The van der Waals surface area contributed by atoms with Crippen LogP contribution in [-0.4, -0.2) is 38.3 Å². The first-order chi connectivity index (χ1) is 11.8. The molecular weight excluding hydrogens is 328 g/mol. The normalized spacial score (nSPS) is 10.6. The van der Waals surface area contributed by atoms with Crippen molar-refractivity contribution in [2.45, 2.75) is 5.60 Å². The van der Waals surface area contributed by atoms with Crippen molar-refractivity contribution in [2.75, 3.05) is 0 Å². The maximum absolute atomic E-state index is 11.4. The smallest absolute Gasteiger partial charge is 0.345 e. The van der Waals surface area contributed by atoms with Crippen molar-refractivity contribution in [1.29, 1.82) is 0 Å². The molecule has 0 saturated heterocycles. The lowest BCUT2D eigenvalue weighted by Gasteiger charge is -2.24. The standard InChI is InChI=1S/C14H12O3.C4H4O4/c15-13(16)14(17,11-7-3-1-4-8-11)12-9-5-2-6-10-12;5-3(6)1-2-4(7)8/h1-10,17H,(H,15,16);1-2H,(H,5,6)(H,7,8). The molecule has 7 nitrogen and oxygen atoms in total. The number of benzene rings is 2. The Morgan fingerprint density at radius 2 is 1.00 bits per heavy atom. The van der Waals surface area contributed by atoms with Gasteiger partial charge in [0.05, 0.1) is 0 Å². The van der Waals surface area contributed by atoms with E-state index < -0.39 is 23.5 Å². The third-order valence-corrected chi connectivity index (χ3v) is 3.06. The SMILES string of the molecule is O=C(O)C(O)(c1ccccc1)c1ccccc1.O=C(O)C=CC(=O)O. The molecule has 0 fully saturated rings. The molecule has 7 heteroatoms. The summed E-state index contributed by atoms with van der Waals surface area (Å²) < 4.78 is 0. The molecule has 0 atom stereocenters. The predicted octanol–water partition coefficient (Wildman–Crippen LogP) is 1.72. The molecule has 0 unspecified atom stereocenters. The predicted molar refractivity (Wildman–Crippen MR) is 87.9 cm³/mol. The topological polar surface area (TPSA) is 132 Å². The minimum atomic E-state index is -2.00. The zero-order valence-electron chi connectivity index (χ0n) is 12.9. The second-order valence-electron chi connectivity index (χ2n) is 4.76. The molecule has 0 aliphatic rings. The van der Waals surface area contributed by atoms with Gasteiger partial charge in [-0.1, -0.05) is 60.7 Å². The van der Waals surface area contributed by atoms with Gasteiger partial charge < -0.3 is 20.4 Å². The lowest BCUT2D eigenvalue weighted by atomic mass is 9.86. The van der Waals surface area contributed by atoms with E-state index in [1.807, 2.05) is 0 Å². The number of carbonyl (C=O) groups is 3. The fraction of sp³-hybridized carbons (Fsp3) is 0.0556. The molecule has 0 saturated carbocycles. The van der Waals surface area contributed by atoms with Crippen LogP contribution < -0.4 is 0 Å². The van der Waals surface area contributed by atoms with Crippen LogP contribution in [0.2, 0.25) is 0 Å². The van der Waals surface area contributed by atoms with E-state index in [-0.39, 0.29) is 0 Å². The first kappa shape index (κ1) is 19.6. The molecule has 25 heavy (non-hydrogen) atoms. The highest BCUT2D eigenvalue weighted by molar-refractivity contribution is 5.89. The Morgan fingerprint density at radius 3 is 1.24 bits per heavy atom. The number of aliphatic carboxylic acids is 3. The third kappa shape index (κ3) is 5.60. The zero-order chi connectivity index (χ0) is 18.9. The number of carboxylic acid groups (broad SMARTS) is 3. The van der Waals surface area contributed by atoms with Crippen molar-refractivity contribution in [3.8, 4) is 0 Å². The summed E-state index contributed by atoms with van der Waals surface area (Å²) in [5.74, 6) is -3.80. The third-order valence-electron chi connectivity index (χ3n) is 3.06. The molecule has 0 radical (unpaired) electrons. The van der Waals surface area contributed by atoms with Gasteiger partial charge in [-0.2, -0.15) is 0 Å². The lowest BCUT2D eigenvalue weighted by Crippen LogP contribution is -2.36. The van der Waals surface area contributed by atoms with Crippen molar-refractivity contribution in [1.82, 2.24) is 0 Å². The Bertz CT molecular complexity index is 696. The van der Waals surface area contributed by atoms with Crippen LogP contribution in [0.1, 0.15) is 11.1 Å². The Hall–Kier alpha value is -3.45. The van der Waals surface area contributed by atoms with Gasteiger partial charge in [-0.05, 0) is 11.1 Å². The van der Waals surface area contributed by atoms with E-state index in [2.05, 4.69) is 0 Å². The van der Waals surface area contributed by atoms with E-state index >= 15 is 0 Å². The van der Waals surface area contributed by atoms with Crippen LogP contribution in [0.5, 0.6) is 0 Å². The maximum atomic E-state index is 11.4. The van der Waals surface area contributed by atoms with E-state index in [4.69, 9.17) is 10.2 Å². The van der Waals surface area contributed by atoms with Gasteiger partial charge in [-0.3, -0.25) is 0 Å². The molecule has 2 rings (SSSR count). The van der Waals surface area contributed by atoms with E-state index in [1.165, 1.54) is 0 Å². The molecule has 0 amide bonds. The number of hydrogen-bond donors (Lipinski definition) is 4. The van der Waals surface area contributed by atoms with E-state index in [0.29, 0.717) is 23.3 Å². The van der Waals surface area contributed by atoms with Gasteiger partial charge in [0.25, 0.3) is 0 Å². The summed E-state index contributed by atoms with van der Waals surface area (Å²) in [6, 6.07) is 16.7. The van der Waals surface area contributed by atoms with Gasteiger partial charge in [0.2, 0.25) is 5.60 Å². The van der Waals surface area contributed by atoms with Crippen molar-refractivity contribution < 1.29 is 34.8 Å². The number of aliphatic hydroxyl groups is 1. The second-order valence-corrected chi connectivity index (χ2v) is 4.76. The highest BCUT2D eigenvalue weighted by Crippen LogP contribution is 2.29. The molecule has 130 valence electrons. The lowest BCUT2D eigenvalue weighted by molar-refractivity contribution is -0.155. The summed E-state index contributed by atoms with van der Waals surface area (Å²) in [6.07, 6.45) is 1.12. The van der Waals surface area contributed by atoms with Gasteiger partial charge in [0, 0.05) is 12.2 Å².